The van der Waals surface area contributed by atoms with Crippen LogP contribution < -0.4 is 0 Å². The summed E-state index contributed by atoms with van der Waals surface area (Å²) in [6.07, 6.45) is 5.72. The summed E-state index contributed by atoms with van der Waals surface area (Å²) in [5.41, 5.74) is 7.73. The topological polar surface area (TPSA) is 52.8 Å². The molecule has 190 valence electrons. The predicted molar refractivity (Wildman–Crippen MR) is 153 cm³/mol. The van der Waals surface area contributed by atoms with Gasteiger partial charge in [-0.2, -0.15) is 5.26 Å². The summed E-state index contributed by atoms with van der Waals surface area (Å²) < 4.78 is 0. The van der Waals surface area contributed by atoms with Gasteiger partial charge in [0, 0.05) is 43.2 Å². The van der Waals surface area contributed by atoms with Crippen LogP contribution in [0.15, 0.2) is 61.9 Å². The standard InChI is InChI=1S/C28H32N4.C2H6.C2H4/c1-5-26-23(18-32-16-20(4)17-32)7-6-8-27(26)25-14-30-28(31-15-25)22-10-9-21(11-19(2)3)24(12-22)13-29;2*1-2/h6-10,12,14-15,19-20H,5,11,16-18H2,1-4H3;1-2H3;1-2H2. The molecule has 0 amide bonds. The number of nitrogens with zero attached hydrogens (tertiary/aromatic N) is 4. The largest absolute Gasteiger partial charge is 0.298 e. The lowest BCUT2D eigenvalue weighted by Crippen LogP contribution is -2.44. The fraction of sp³-hybridized carbons (Fsp3) is 0.406. The van der Waals surface area contributed by atoms with E-state index in [2.05, 4.69) is 80.0 Å². The first-order valence-electron chi connectivity index (χ1n) is 13.2. The van der Waals surface area contributed by atoms with Crippen LogP contribution >= 0.6 is 0 Å². The Morgan fingerprint density at radius 2 is 1.69 bits per heavy atom. The zero-order valence-corrected chi connectivity index (χ0v) is 23.0. The molecule has 0 N–H and O–H groups in total. The van der Waals surface area contributed by atoms with Gasteiger partial charge in [-0.25, -0.2) is 9.97 Å². The molecule has 0 unspecified atom stereocenters. The molecule has 1 saturated heterocycles. The minimum atomic E-state index is 0.511. The van der Waals surface area contributed by atoms with Gasteiger partial charge in [-0.05, 0) is 53.0 Å². The Balaban J connectivity index is 0.00000109. The summed E-state index contributed by atoms with van der Waals surface area (Å²) in [4.78, 5) is 11.8. The zero-order chi connectivity index (χ0) is 26.7. The average Bonchev–Trinajstić information content (AvgIpc) is 2.90. The van der Waals surface area contributed by atoms with E-state index in [0.29, 0.717) is 17.3 Å². The molecule has 4 nitrogen and oxygen atoms in total. The number of hydrogen-bond donors (Lipinski definition) is 0. The van der Waals surface area contributed by atoms with Crippen molar-refractivity contribution in [2.75, 3.05) is 13.1 Å². The summed E-state index contributed by atoms with van der Waals surface area (Å²) in [5, 5.41) is 9.58. The molecule has 36 heavy (non-hydrogen) atoms. The summed E-state index contributed by atoms with van der Waals surface area (Å²) in [6.45, 7) is 22.3. The first-order chi connectivity index (χ1) is 17.5. The van der Waals surface area contributed by atoms with Crippen LogP contribution in [-0.2, 0) is 19.4 Å². The molecular formula is C32H42N4. The van der Waals surface area contributed by atoms with Gasteiger partial charge >= 0.3 is 0 Å². The third-order valence-corrected chi connectivity index (χ3v) is 6.24. The van der Waals surface area contributed by atoms with Gasteiger partial charge in [-0.1, -0.05) is 71.9 Å². The van der Waals surface area contributed by atoms with Crippen molar-refractivity contribution in [3.63, 3.8) is 0 Å². The normalized spacial score (nSPS) is 13.1. The van der Waals surface area contributed by atoms with E-state index in [9.17, 15) is 5.26 Å². The second-order valence-corrected chi connectivity index (χ2v) is 9.47. The Kier molecular flexibility index (Phi) is 11.5. The highest BCUT2D eigenvalue weighted by Gasteiger charge is 2.23. The van der Waals surface area contributed by atoms with E-state index in [1.165, 1.54) is 29.8 Å². The zero-order valence-electron chi connectivity index (χ0n) is 23.0. The lowest BCUT2D eigenvalue weighted by Gasteiger charge is -2.37. The highest BCUT2D eigenvalue weighted by atomic mass is 15.2. The molecule has 1 aliphatic rings. The van der Waals surface area contributed by atoms with Crippen molar-refractivity contribution in [2.45, 2.75) is 60.9 Å². The monoisotopic (exact) mass is 482 g/mol. The summed E-state index contributed by atoms with van der Waals surface area (Å²) in [5.74, 6) is 1.98. The van der Waals surface area contributed by atoms with Crippen molar-refractivity contribution in [1.29, 1.82) is 5.26 Å². The smallest absolute Gasteiger partial charge is 0.159 e. The minimum absolute atomic E-state index is 0.511. The maximum Gasteiger partial charge on any atom is 0.159 e. The fourth-order valence-corrected chi connectivity index (χ4v) is 4.72. The molecule has 1 fully saturated rings. The van der Waals surface area contributed by atoms with Crippen LogP contribution in [0, 0.1) is 23.2 Å². The quantitative estimate of drug-likeness (QED) is 0.323. The molecule has 1 aromatic heterocycles. The van der Waals surface area contributed by atoms with Gasteiger partial charge < -0.3 is 0 Å². The Hall–Kier alpha value is -3.29. The molecule has 0 saturated carbocycles. The van der Waals surface area contributed by atoms with Crippen molar-refractivity contribution >= 4 is 0 Å². The van der Waals surface area contributed by atoms with E-state index < -0.39 is 0 Å². The van der Waals surface area contributed by atoms with Gasteiger partial charge in [0.1, 0.15) is 0 Å². The number of benzene rings is 2. The number of hydrogen-bond acceptors (Lipinski definition) is 4. The van der Waals surface area contributed by atoms with E-state index in [0.717, 1.165) is 42.0 Å². The lowest BCUT2D eigenvalue weighted by atomic mass is 9.93. The van der Waals surface area contributed by atoms with Gasteiger partial charge in [0.15, 0.2) is 5.82 Å². The van der Waals surface area contributed by atoms with E-state index in [1.807, 2.05) is 44.4 Å². The fourth-order valence-electron chi connectivity index (χ4n) is 4.72. The molecule has 0 spiro atoms. The van der Waals surface area contributed by atoms with Crippen LogP contribution in [0.5, 0.6) is 0 Å². The Morgan fingerprint density at radius 1 is 1.03 bits per heavy atom. The van der Waals surface area contributed by atoms with E-state index in [-0.39, 0.29) is 0 Å². The molecule has 0 aliphatic carbocycles. The van der Waals surface area contributed by atoms with E-state index in [1.54, 1.807) is 0 Å². The third-order valence-electron chi connectivity index (χ3n) is 6.24. The van der Waals surface area contributed by atoms with Crippen LogP contribution in [0.2, 0.25) is 0 Å². The number of nitriles is 1. The second-order valence-electron chi connectivity index (χ2n) is 9.47. The van der Waals surface area contributed by atoms with Crippen molar-refractivity contribution in [1.82, 2.24) is 14.9 Å². The molecule has 2 aromatic carbocycles. The molecule has 4 heteroatoms. The lowest BCUT2D eigenvalue weighted by molar-refractivity contribution is 0.104. The average molecular weight is 483 g/mol. The minimum Gasteiger partial charge on any atom is -0.298 e. The summed E-state index contributed by atoms with van der Waals surface area (Å²) in [7, 11) is 0. The molecule has 0 bridgehead atoms. The molecule has 4 rings (SSSR count). The maximum atomic E-state index is 9.58. The van der Waals surface area contributed by atoms with Crippen molar-refractivity contribution < 1.29 is 0 Å². The predicted octanol–water partition coefficient (Wildman–Crippen LogP) is 7.72. The van der Waals surface area contributed by atoms with Gasteiger partial charge in [0.05, 0.1) is 11.6 Å². The first kappa shape index (κ1) is 28.9. The van der Waals surface area contributed by atoms with Gasteiger partial charge in [-0.15, -0.1) is 13.2 Å². The summed E-state index contributed by atoms with van der Waals surface area (Å²) >= 11 is 0. The number of rotatable bonds is 7. The SMILES string of the molecule is C=C.CC.CCc1c(CN2CC(C)C2)cccc1-c1cnc(-c2ccc(CC(C)C)c(C#N)c2)nc1. The van der Waals surface area contributed by atoms with Crippen molar-refractivity contribution in [3.05, 3.63) is 84.2 Å². The third kappa shape index (κ3) is 7.12. The van der Waals surface area contributed by atoms with E-state index >= 15 is 0 Å². The Bertz CT molecular complexity index is 1140. The molecule has 3 aromatic rings. The summed E-state index contributed by atoms with van der Waals surface area (Å²) in [6, 6.07) is 14.9. The van der Waals surface area contributed by atoms with Gasteiger partial charge in [-0.3, -0.25) is 4.90 Å². The number of aromatic nitrogens is 2. The van der Waals surface area contributed by atoms with E-state index in [4.69, 9.17) is 0 Å². The second kappa shape index (κ2) is 14.3. The highest BCUT2D eigenvalue weighted by molar-refractivity contribution is 5.69. The first-order valence-corrected chi connectivity index (χ1v) is 13.2. The Morgan fingerprint density at radius 3 is 2.25 bits per heavy atom. The Labute approximate surface area is 218 Å². The van der Waals surface area contributed by atoms with Crippen LogP contribution in [0.4, 0.5) is 0 Å². The van der Waals surface area contributed by atoms with Crippen molar-refractivity contribution in [3.8, 4) is 28.6 Å². The maximum absolute atomic E-state index is 9.58. The van der Waals surface area contributed by atoms with Gasteiger partial charge in [0.2, 0.25) is 0 Å². The molecular weight excluding hydrogens is 440 g/mol. The highest BCUT2D eigenvalue weighted by Crippen LogP contribution is 2.29. The van der Waals surface area contributed by atoms with Gasteiger partial charge in [0.25, 0.3) is 0 Å². The molecule has 1 aliphatic heterocycles. The van der Waals surface area contributed by atoms with Crippen molar-refractivity contribution in [2.24, 2.45) is 11.8 Å². The van der Waals surface area contributed by atoms with Crippen LogP contribution in [0.25, 0.3) is 22.5 Å². The molecule has 2 heterocycles. The molecule has 0 radical (unpaired) electrons. The van der Waals surface area contributed by atoms with Crippen LogP contribution in [0.3, 0.4) is 0 Å². The number of likely N-dealkylation sites (tertiary alicyclic amines) is 1. The van der Waals surface area contributed by atoms with Crippen LogP contribution in [-0.4, -0.2) is 28.0 Å². The van der Waals surface area contributed by atoms with Crippen LogP contribution in [0.1, 0.15) is 63.8 Å². The molecule has 0 atom stereocenters.